The van der Waals surface area contributed by atoms with Gasteiger partial charge in [-0.3, -0.25) is 14.5 Å². The topological polar surface area (TPSA) is 60.9 Å². The average Bonchev–Trinajstić information content (AvgIpc) is 2.70. The molecule has 0 bridgehead atoms. The second-order valence-corrected chi connectivity index (χ2v) is 6.44. The highest BCUT2D eigenvalue weighted by molar-refractivity contribution is 5.91. The molecule has 0 saturated carbocycles. The zero-order chi connectivity index (χ0) is 19.5. The van der Waals surface area contributed by atoms with Crippen LogP contribution in [0.3, 0.4) is 0 Å². The van der Waals surface area contributed by atoms with Crippen LogP contribution in [0, 0.1) is 6.92 Å². The van der Waals surface area contributed by atoms with Gasteiger partial charge in [0.15, 0.2) is 0 Å². The molecule has 0 aromatic heterocycles. The second kappa shape index (κ2) is 10.9. The molecule has 27 heavy (non-hydrogen) atoms. The summed E-state index contributed by atoms with van der Waals surface area (Å²) < 4.78 is 0. The fourth-order valence-corrected chi connectivity index (χ4v) is 2.92. The Morgan fingerprint density at radius 3 is 2.19 bits per heavy atom. The SMILES string of the molecule is Cc1ccc(CN2CCN(C(=O)/C=C/c3ccccc3)CC2)cc1.O=CO. The third-order valence-corrected chi connectivity index (χ3v) is 4.43. The lowest BCUT2D eigenvalue weighted by Crippen LogP contribution is -2.47. The fourth-order valence-electron chi connectivity index (χ4n) is 2.92. The summed E-state index contributed by atoms with van der Waals surface area (Å²) in [6.07, 6.45) is 3.58. The number of hydrogen-bond donors (Lipinski definition) is 1. The molecular formula is C22H26N2O3. The van der Waals surface area contributed by atoms with Crippen LogP contribution in [0.5, 0.6) is 0 Å². The maximum absolute atomic E-state index is 12.3. The first-order valence-electron chi connectivity index (χ1n) is 9.00. The van der Waals surface area contributed by atoms with Gasteiger partial charge in [-0.15, -0.1) is 0 Å². The highest BCUT2D eigenvalue weighted by Gasteiger charge is 2.19. The van der Waals surface area contributed by atoms with Crippen LogP contribution in [-0.2, 0) is 16.1 Å². The first kappa shape index (κ1) is 20.4. The third kappa shape index (κ3) is 7.07. The highest BCUT2D eigenvalue weighted by atomic mass is 16.3. The summed E-state index contributed by atoms with van der Waals surface area (Å²) in [6, 6.07) is 18.6. The minimum absolute atomic E-state index is 0.105. The molecule has 0 atom stereocenters. The Hall–Kier alpha value is -2.92. The van der Waals surface area contributed by atoms with E-state index in [9.17, 15) is 4.79 Å². The standard InChI is InChI=1S/C21H24N2O.CH2O2/c1-18-7-9-20(10-8-18)17-22-13-15-23(16-14-22)21(24)12-11-19-5-3-2-4-6-19;2-1-3/h2-12H,13-17H2,1H3;1H,(H,2,3)/b12-11+;. The number of aryl methyl sites for hydroxylation is 1. The Labute approximate surface area is 160 Å². The molecule has 0 radical (unpaired) electrons. The van der Waals surface area contributed by atoms with Gasteiger partial charge in [-0.25, -0.2) is 0 Å². The van der Waals surface area contributed by atoms with Crippen LogP contribution in [-0.4, -0.2) is 53.5 Å². The molecule has 0 spiro atoms. The van der Waals surface area contributed by atoms with Crippen molar-refractivity contribution >= 4 is 18.5 Å². The Morgan fingerprint density at radius 2 is 1.59 bits per heavy atom. The van der Waals surface area contributed by atoms with Gasteiger partial charge in [0.2, 0.25) is 5.91 Å². The van der Waals surface area contributed by atoms with Gasteiger partial charge in [-0.2, -0.15) is 0 Å². The molecule has 1 aliphatic rings. The van der Waals surface area contributed by atoms with E-state index < -0.39 is 0 Å². The normalized spacial score (nSPS) is 14.5. The van der Waals surface area contributed by atoms with E-state index >= 15 is 0 Å². The zero-order valence-electron chi connectivity index (χ0n) is 15.6. The number of piperazine rings is 1. The lowest BCUT2D eigenvalue weighted by molar-refractivity contribution is -0.127. The average molecular weight is 366 g/mol. The number of amides is 1. The predicted molar refractivity (Wildman–Crippen MR) is 107 cm³/mol. The van der Waals surface area contributed by atoms with Crippen molar-refractivity contribution in [3.05, 3.63) is 77.4 Å². The molecule has 0 aliphatic carbocycles. The molecule has 1 amide bonds. The van der Waals surface area contributed by atoms with Crippen molar-refractivity contribution in [2.45, 2.75) is 13.5 Å². The Morgan fingerprint density at radius 1 is 1.00 bits per heavy atom. The van der Waals surface area contributed by atoms with Gasteiger partial charge in [0.05, 0.1) is 0 Å². The molecule has 1 fully saturated rings. The van der Waals surface area contributed by atoms with Gasteiger partial charge in [0.1, 0.15) is 0 Å². The number of carbonyl (C=O) groups is 2. The maximum Gasteiger partial charge on any atom is 0.290 e. The van der Waals surface area contributed by atoms with Crippen molar-refractivity contribution in [1.29, 1.82) is 0 Å². The van der Waals surface area contributed by atoms with Crippen LogP contribution < -0.4 is 0 Å². The van der Waals surface area contributed by atoms with E-state index in [0.29, 0.717) is 0 Å². The van der Waals surface area contributed by atoms with Gasteiger partial charge in [-0.1, -0.05) is 60.2 Å². The van der Waals surface area contributed by atoms with Gasteiger partial charge in [0.25, 0.3) is 6.47 Å². The first-order valence-corrected chi connectivity index (χ1v) is 9.00. The fraction of sp³-hybridized carbons (Fsp3) is 0.273. The van der Waals surface area contributed by atoms with Crippen LogP contribution in [0.1, 0.15) is 16.7 Å². The molecule has 1 N–H and O–H groups in total. The summed E-state index contributed by atoms with van der Waals surface area (Å²) in [5.41, 5.74) is 3.69. The first-order chi connectivity index (χ1) is 13.1. The van der Waals surface area contributed by atoms with Crippen LogP contribution in [0.4, 0.5) is 0 Å². The van der Waals surface area contributed by atoms with Crippen molar-refractivity contribution in [2.75, 3.05) is 26.2 Å². The number of rotatable bonds is 4. The third-order valence-electron chi connectivity index (χ3n) is 4.43. The molecule has 1 saturated heterocycles. The largest absolute Gasteiger partial charge is 0.483 e. The van der Waals surface area contributed by atoms with Crippen molar-refractivity contribution in [3.63, 3.8) is 0 Å². The van der Waals surface area contributed by atoms with E-state index in [2.05, 4.69) is 36.1 Å². The molecule has 142 valence electrons. The summed E-state index contributed by atoms with van der Waals surface area (Å²) in [4.78, 5) is 25.0. The van der Waals surface area contributed by atoms with E-state index in [1.807, 2.05) is 41.3 Å². The number of nitrogens with zero attached hydrogens (tertiary/aromatic N) is 2. The lowest BCUT2D eigenvalue weighted by Gasteiger charge is -2.34. The monoisotopic (exact) mass is 366 g/mol. The van der Waals surface area contributed by atoms with Crippen LogP contribution in [0.2, 0.25) is 0 Å². The van der Waals surface area contributed by atoms with Crippen molar-refractivity contribution < 1.29 is 14.7 Å². The minimum atomic E-state index is -0.250. The summed E-state index contributed by atoms with van der Waals surface area (Å²) in [6.45, 7) is 6.27. The number of carboxylic acid groups (broad SMARTS) is 1. The van der Waals surface area contributed by atoms with E-state index in [-0.39, 0.29) is 12.4 Å². The minimum Gasteiger partial charge on any atom is -0.483 e. The molecule has 1 aliphatic heterocycles. The van der Waals surface area contributed by atoms with E-state index in [1.54, 1.807) is 6.08 Å². The lowest BCUT2D eigenvalue weighted by atomic mass is 10.1. The van der Waals surface area contributed by atoms with Crippen molar-refractivity contribution in [3.8, 4) is 0 Å². The molecule has 2 aromatic rings. The molecule has 5 heteroatoms. The van der Waals surface area contributed by atoms with E-state index in [0.717, 1.165) is 38.3 Å². The smallest absolute Gasteiger partial charge is 0.290 e. The van der Waals surface area contributed by atoms with Crippen LogP contribution in [0.15, 0.2) is 60.7 Å². The molecule has 2 aromatic carbocycles. The maximum atomic E-state index is 12.3. The quantitative estimate of drug-likeness (QED) is 0.667. The van der Waals surface area contributed by atoms with Gasteiger partial charge in [0, 0.05) is 38.8 Å². The number of carbonyl (C=O) groups excluding carboxylic acids is 1. The molecule has 1 heterocycles. The van der Waals surface area contributed by atoms with Crippen molar-refractivity contribution in [2.24, 2.45) is 0 Å². The second-order valence-electron chi connectivity index (χ2n) is 6.44. The zero-order valence-corrected chi connectivity index (χ0v) is 15.6. The molecule has 5 nitrogen and oxygen atoms in total. The Balaban J connectivity index is 0.000000817. The highest BCUT2D eigenvalue weighted by Crippen LogP contribution is 2.10. The Bertz CT molecular complexity index is 734. The molecule has 0 unspecified atom stereocenters. The molecule has 3 rings (SSSR count). The summed E-state index contributed by atoms with van der Waals surface area (Å²) in [5.74, 6) is 0.105. The van der Waals surface area contributed by atoms with Crippen LogP contribution in [0.25, 0.3) is 6.08 Å². The van der Waals surface area contributed by atoms with Crippen LogP contribution >= 0.6 is 0 Å². The number of benzene rings is 2. The summed E-state index contributed by atoms with van der Waals surface area (Å²) in [7, 11) is 0. The van der Waals surface area contributed by atoms with Gasteiger partial charge in [-0.05, 0) is 24.1 Å². The Kier molecular flexibility index (Phi) is 8.26. The predicted octanol–water partition coefficient (Wildman–Crippen LogP) is 3.05. The summed E-state index contributed by atoms with van der Waals surface area (Å²) in [5, 5.41) is 6.89. The number of hydrogen-bond acceptors (Lipinski definition) is 3. The summed E-state index contributed by atoms with van der Waals surface area (Å²) >= 11 is 0. The van der Waals surface area contributed by atoms with Gasteiger partial charge >= 0.3 is 0 Å². The molecular weight excluding hydrogens is 340 g/mol. The van der Waals surface area contributed by atoms with E-state index in [1.165, 1.54) is 11.1 Å². The van der Waals surface area contributed by atoms with Gasteiger partial charge < -0.3 is 10.0 Å². The van der Waals surface area contributed by atoms with E-state index in [4.69, 9.17) is 9.90 Å². The van der Waals surface area contributed by atoms with Crippen molar-refractivity contribution in [1.82, 2.24) is 9.80 Å².